The van der Waals surface area contributed by atoms with Gasteiger partial charge in [-0.25, -0.2) is 0 Å². The first-order chi connectivity index (χ1) is 18.8. The third kappa shape index (κ3) is 4.97. The summed E-state index contributed by atoms with van der Waals surface area (Å²) in [6.45, 7) is 8.32. The Morgan fingerprint density at radius 1 is 1.15 bits per heavy atom. The Bertz CT molecular complexity index is 1460. The Morgan fingerprint density at radius 2 is 1.85 bits per heavy atom. The minimum absolute atomic E-state index is 0.0332. The number of aliphatic hydroxyl groups is 1. The third-order valence-electron chi connectivity index (χ3n) is 7.63. The van der Waals surface area contributed by atoms with E-state index in [9.17, 15) is 34.2 Å². The number of nitrogens with one attached hydrogen (secondary N) is 1. The molecule has 0 fully saturated rings. The molecule has 9 heteroatoms. The van der Waals surface area contributed by atoms with Crippen LogP contribution >= 0.6 is 0 Å². The zero-order valence-corrected chi connectivity index (χ0v) is 23.2. The maximum absolute atomic E-state index is 14.2. The van der Waals surface area contributed by atoms with Crippen molar-refractivity contribution >= 4 is 29.2 Å². The van der Waals surface area contributed by atoms with Gasteiger partial charge in [-0.05, 0) is 64.2 Å². The molecule has 2 heterocycles. The third-order valence-corrected chi connectivity index (χ3v) is 7.63. The fourth-order valence-corrected chi connectivity index (χ4v) is 5.31. The molecule has 0 aromatic heterocycles. The molecule has 4 atom stereocenters. The van der Waals surface area contributed by atoms with Crippen molar-refractivity contribution in [1.29, 1.82) is 0 Å². The fraction of sp³-hybridized carbons (Fsp3) is 0.387. The Balaban J connectivity index is 2.02. The number of hydrogen-bond acceptors (Lipinski definition) is 8. The van der Waals surface area contributed by atoms with E-state index in [4.69, 9.17) is 4.74 Å². The zero-order valence-electron chi connectivity index (χ0n) is 23.2. The Labute approximate surface area is 232 Å². The van der Waals surface area contributed by atoms with Gasteiger partial charge >= 0.3 is 5.97 Å². The predicted octanol–water partition coefficient (Wildman–Crippen LogP) is 3.82. The maximum Gasteiger partial charge on any atom is 0.321 e. The van der Waals surface area contributed by atoms with Crippen molar-refractivity contribution < 1.29 is 38.9 Å². The van der Waals surface area contributed by atoms with Gasteiger partial charge in [0.25, 0.3) is 0 Å². The molecule has 9 nitrogen and oxygen atoms in total. The lowest BCUT2D eigenvalue weighted by molar-refractivity contribution is -0.157. The summed E-state index contributed by atoms with van der Waals surface area (Å²) in [6, 6.07) is 1.30. The van der Waals surface area contributed by atoms with Crippen LogP contribution in [0.25, 0.3) is 0 Å². The van der Waals surface area contributed by atoms with Crippen LogP contribution in [0.15, 0.2) is 53.3 Å². The highest BCUT2D eigenvalue weighted by atomic mass is 16.6. The second-order valence-corrected chi connectivity index (χ2v) is 10.9. The molecule has 3 N–H and O–H groups in total. The summed E-state index contributed by atoms with van der Waals surface area (Å²) >= 11 is 0. The number of esters is 1. The highest BCUT2D eigenvalue weighted by Crippen LogP contribution is 2.44. The normalized spacial score (nSPS) is 26.4. The first-order valence-electron chi connectivity index (χ1n) is 13.3. The molecule has 0 saturated carbocycles. The molecule has 2 aliphatic heterocycles. The van der Waals surface area contributed by atoms with Crippen LogP contribution in [0, 0.1) is 18.3 Å². The van der Waals surface area contributed by atoms with E-state index in [-0.39, 0.29) is 40.2 Å². The number of Topliss-reactive ketones (excluding diaryl/α,β-unsaturated/α-hetero) is 3. The van der Waals surface area contributed by atoms with E-state index in [0.717, 1.165) is 11.6 Å². The SMILES string of the molecule is CC[C@H]1/C=C/[C@@H]([C@@H](O)C=C(C)C)OC(=O)[C@]2(C)C=CC(=O)NC3=C2C(=O)c2c(cc(C)c(O)c2C(=O)CC1)C3=O. The van der Waals surface area contributed by atoms with Gasteiger partial charge in [0.15, 0.2) is 11.6 Å². The molecule has 2 bridgehead atoms. The van der Waals surface area contributed by atoms with Gasteiger partial charge in [0.05, 0.1) is 11.3 Å². The molecule has 1 amide bonds. The summed E-state index contributed by atoms with van der Waals surface area (Å²) in [6.07, 6.45) is 5.63. The lowest BCUT2D eigenvalue weighted by atomic mass is 9.71. The first-order valence-corrected chi connectivity index (χ1v) is 13.3. The molecule has 0 radical (unpaired) electrons. The van der Waals surface area contributed by atoms with Crippen molar-refractivity contribution in [3.63, 3.8) is 0 Å². The van der Waals surface area contributed by atoms with E-state index in [1.807, 2.05) is 6.92 Å². The van der Waals surface area contributed by atoms with Crippen molar-refractivity contribution in [2.45, 2.75) is 66.1 Å². The number of aromatic hydroxyl groups is 1. The lowest BCUT2D eigenvalue weighted by Gasteiger charge is -2.33. The van der Waals surface area contributed by atoms with Crippen molar-refractivity contribution in [3.8, 4) is 5.75 Å². The highest BCUT2D eigenvalue weighted by Gasteiger charge is 2.50. The van der Waals surface area contributed by atoms with Gasteiger partial charge in [-0.2, -0.15) is 0 Å². The summed E-state index contributed by atoms with van der Waals surface area (Å²) in [5, 5.41) is 24.2. The Hall–Kier alpha value is -4.11. The minimum atomic E-state index is -1.95. The molecule has 3 aliphatic rings. The molecule has 4 rings (SSSR count). The standard InChI is InChI=1S/C31H33NO8/c1-6-17-7-9-19(33)24-23-18(14-16(4)27(24)36)28(37)26-25(29(23)38)31(5,12-11-22(35)32-26)30(39)40-21(10-8-17)20(34)13-15(2)3/h8,10-14,17,20-21,34,36H,6-7,9H2,1-5H3,(H,32,35)/b10-8+/t17-,20+,21+,31-/m1/s1. The number of carbonyl (C=O) groups is 5. The van der Waals surface area contributed by atoms with Gasteiger partial charge in [-0.1, -0.05) is 30.7 Å². The van der Waals surface area contributed by atoms with E-state index in [2.05, 4.69) is 5.32 Å². The lowest BCUT2D eigenvalue weighted by Crippen LogP contribution is -2.42. The number of aryl methyl sites for hydroxylation is 1. The Kier molecular flexibility index (Phi) is 7.81. The number of allylic oxidation sites excluding steroid dienone is 3. The second-order valence-electron chi connectivity index (χ2n) is 10.9. The average Bonchev–Trinajstić information content (AvgIpc) is 3.03. The molecule has 210 valence electrons. The Morgan fingerprint density at radius 3 is 2.50 bits per heavy atom. The van der Waals surface area contributed by atoms with Crippen LogP contribution in [0.3, 0.4) is 0 Å². The molecular formula is C31H33NO8. The van der Waals surface area contributed by atoms with E-state index >= 15 is 0 Å². The van der Waals surface area contributed by atoms with E-state index in [1.54, 1.807) is 26.0 Å². The summed E-state index contributed by atoms with van der Waals surface area (Å²) in [4.78, 5) is 68.0. The molecule has 0 saturated heterocycles. The van der Waals surface area contributed by atoms with Crippen LogP contribution < -0.4 is 5.32 Å². The number of rotatable bonds is 3. The number of hydrogen-bond donors (Lipinski definition) is 3. The quantitative estimate of drug-likeness (QED) is 0.382. The van der Waals surface area contributed by atoms with E-state index in [1.165, 1.54) is 32.1 Å². The van der Waals surface area contributed by atoms with Crippen molar-refractivity contribution in [3.05, 3.63) is 75.5 Å². The van der Waals surface area contributed by atoms with Crippen LogP contribution in [-0.4, -0.2) is 51.6 Å². The van der Waals surface area contributed by atoms with Crippen molar-refractivity contribution in [1.82, 2.24) is 5.32 Å². The highest BCUT2D eigenvalue weighted by molar-refractivity contribution is 6.32. The van der Waals surface area contributed by atoms with Crippen LogP contribution in [0.5, 0.6) is 5.75 Å². The molecule has 1 aliphatic carbocycles. The fourth-order valence-electron chi connectivity index (χ4n) is 5.31. The van der Waals surface area contributed by atoms with Crippen LogP contribution in [0.1, 0.15) is 83.6 Å². The number of ketones is 3. The number of ether oxygens (including phenoxy) is 1. The van der Waals surface area contributed by atoms with Crippen molar-refractivity contribution in [2.75, 3.05) is 0 Å². The number of benzene rings is 1. The number of phenols is 1. The minimum Gasteiger partial charge on any atom is -0.507 e. The number of amides is 1. The van der Waals surface area contributed by atoms with Gasteiger partial charge in [0.1, 0.15) is 23.4 Å². The number of phenolic OH excluding ortho intramolecular Hbond substituents is 1. The van der Waals surface area contributed by atoms with Gasteiger partial charge in [0, 0.05) is 29.2 Å². The smallest absolute Gasteiger partial charge is 0.321 e. The van der Waals surface area contributed by atoms with Gasteiger partial charge in [0.2, 0.25) is 11.7 Å². The van der Waals surface area contributed by atoms with Crippen LogP contribution in [0.4, 0.5) is 0 Å². The molecular weight excluding hydrogens is 514 g/mol. The first kappa shape index (κ1) is 28.9. The zero-order chi connectivity index (χ0) is 29.5. The largest absolute Gasteiger partial charge is 0.507 e. The number of cyclic esters (lactones) is 1. The second kappa shape index (κ2) is 10.8. The molecule has 0 spiro atoms. The predicted molar refractivity (Wildman–Crippen MR) is 146 cm³/mol. The van der Waals surface area contributed by atoms with E-state index < -0.39 is 58.3 Å². The van der Waals surface area contributed by atoms with Gasteiger partial charge < -0.3 is 20.3 Å². The van der Waals surface area contributed by atoms with E-state index in [0.29, 0.717) is 12.8 Å². The van der Waals surface area contributed by atoms with Gasteiger partial charge in [-0.15, -0.1) is 0 Å². The summed E-state index contributed by atoms with van der Waals surface area (Å²) in [5.41, 5.74) is -2.45. The van der Waals surface area contributed by atoms with Crippen LogP contribution in [-0.2, 0) is 14.3 Å². The van der Waals surface area contributed by atoms with Gasteiger partial charge in [-0.3, -0.25) is 24.0 Å². The van der Waals surface area contributed by atoms with Crippen LogP contribution in [0.2, 0.25) is 0 Å². The molecule has 40 heavy (non-hydrogen) atoms. The summed E-state index contributed by atoms with van der Waals surface area (Å²) in [5.74, 6) is -4.41. The number of carbonyl (C=O) groups excluding carboxylic acids is 5. The maximum atomic E-state index is 14.2. The summed E-state index contributed by atoms with van der Waals surface area (Å²) in [7, 11) is 0. The molecule has 1 aromatic rings. The van der Waals surface area contributed by atoms with Crippen molar-refractivity contribution in [2.24, 2.45) is 11.3 Å². The monoisotopic (exact) mass is 547 g/mol. The summed E-state index contributed by atoms with van der Waals surface area (Å²) < 4.78 is 5.79. The molecule has 1 aromatic carbocycles. The molecule has 0 unspecified atom stereocenters. The number of aliphatic hydroxyl groups excluding tert-OH is 1. The topological polar surface area (TPSA) is 147 Å². The average molecular weight is 548 g/mol.